The van der Waals surface area contributed by atoms with Crippen LogP contribution in [0, 0.1) is 26.2 Å². The van der Waals surface area contributed by atoms with Crippen LogP contribution in [0.4, 0.5) is 0 Å². The van der Waals surface area contributed by atoms with Crippen molar-refractivity contribution >= 4 is 5.91 Å². The summed E-state index contributed by atoms with van der Waals surface area (Å²) in [5, 5.41) is 2.67. The zero-order valence-electron chi connectivity index (χ0n) is 9.42. The van der Waals surface area contributed by atoms with Gasteiger partial charge in [0.15, 0.2) is 0 Å². The minimum Gasteiger partial charge on any atom is -0.349 e. The summed E-state index contributed by atoms with van der Waals surface area (Å²) >= 11 is 0. The third-order valence-corrected chi connectivity index (χ3v) is 2.49. The fraction of sp³-hybridized carbons (Fsp3) is 0.417. The molecule has 0 atom stereocenters. The highest BCUT2D eigenvalue weighted by Gasteiger charge is 2.13. The Kier molecular flexibility index (Phi) is 3.56. The lowest BCUT2D eigenvalue weighted by Crippen LogP contribution is -2.24. The van der Waals surface area contributed by atoms with Gasteiger partial charge in [0.25, 0.3) is 5.91 Å². The Labute approximate surface area is 90.5 Å². The molecule has 0 bridgehead atoms. The summed E-state index contributed by atoms with van der Waals surface area (Å²) in [6.07, 6.45) is 5.08. The zero-order valence-corrected chi connectivity index (χ0v) is 9.42. The molecule has 0 aromatic carbocycles. The Hall–Kier alpha value is -1.69. The second-order valence-electron chi connectivity index (χ2n) is 3.42. The summed E-state index contributed by atoms with van der Waals surface area (Å²) in [7, 11) is 0. The third-order valence-electron chi connectivity index (χ3n) is 2.49. The lowest BCUT2D eigenvalue weighted by Gasteiger charge is -2.05. The Bertz CT molecular complexity index is 410. The largest absolute Gasteiger partial charge is 0.349 e. The summed E-state index contributed by atoms with van der Waals surface area (Å²) in [6.45, 7) is 7.15. The number of amides is 1. The number of hydrogen-bond donors (Lipinski definition) is 1. The van der Waals surface area contributed by atoms with E-state index >= 15 is 0 Å². The van der Waals surface area contributed by atoms with Crippen LogP contribution in [0.3, 0.4) is 0 Å². The molecule has 0 saturated heterocycles. The van der Waals surface area contributed by atoms with Crippen molar-refractivity contribution in [3.05, 3.63) is 23.0 Å². The first-order valence-electron chi connectivity index (χ1n) is 5.00. The van der Waals surface area contributed by atoms with Crippen molar-refractivity contribution in [1.82, 2.24) is 9.88 Å². The Morgan fingerprint density at radius 2 is 2.27 bits per heavy atom. The number of aromatic nitrogens is 1. The van der Waals surface area contributed by atoms with E-state index < -0.39 is 0 Å². The quantitative estimate of drug-likeness (QED) is 0.744. The zero-order chi connectivity index (χ0) is 11.4. The van der Waals surface area contributed by atoms with Gasteiger partial charge in [-0.3, -0.25) is 4.79 Å². The number of terminal acetylenes is 1. The van der Waals surface area contributed by atoms with Crippen molar-refractivity contribution in [3.63, 3.8) is 0 Å². The van der Waals surface area contributed by atoms with Crippen LogP contribution in [0.25, 0.3) is 0 Å². The SMILES string of the molecule is C#CCNC(=O)c1cc(C)n(CC)c1C. The maximum absolute atomic E-state index is 11.7. The number of hydrogen-bond acceptors (Lipinski definition) is 1. The molecule has 1 rings (SSSR count). The molecule has 0 aliphatic heterocycles. The van der Waals surface area contributed by atoms with Crippen molar-refractivity contribution in [2.45, 2.75) is 27.3 Å². The van der Waals surface area contributed by atoms with Gasteiger partial charge in [0, 0.05) is 17.9 Å². The van der Waals surface area contributed by atoms with Gasteiger partial charge < -0.3 is 9.88 Å². The summed E-state index contributed by atoms with van der Waals surface area (Å²) in [4.78, 5) is 11.7. The van der Waals surface area contributed by atoms with Gasteiger partial charge in [-0.25, -0.2) is 0 Å². The van der Waals surface area contributed by atoms with Gasteiger partial charge in [0.1, 0.15) is 0 Å². The first-order chi connectivity index (χ1) is 7.11. The minimum absolute atomic E-state index is 0.0965. The molecule has 15 heavy (non-hydrogen) atoms. The first-order valence-corrected chi connectivity index (χ1v) is 5.00. The Morgan fingerprint density at radius 1 is 1.60 bits per heavy atom. The highest BCUT2D eigenvalue weighted by Crippen LogP contribution is 2.14. The molecule has 1 heterocycles. The fourth-order valence-corrected chi connectivity index (χ4v) is 1.74. The molecule has 0 saturated carbocycles. The van der Waals surface area contributed by atoms with Crippen LogP contribution in [0.2, 0.25) is 0 Å². The van der Waals surface area contributed by atoms with Gasteiger partial charge in [0.2, 0.25) is 0 Å². The van der Waals surface area contributed by atoms with Crippen molar-refractivity contribution in [3.8, 4) is 12.3 Å². The summed E-state index contributed by atoms with van der Waals surface area (Å²) in [6, 6.07) is 1.89. The van der Waals surface area contributed by atoms with E-state index in [2.05, 4.69) is 22.7 Å². The third kappa shape index (κ3) is 2.21. The minimum atomic E-state index is -0.0965. The monoisotopic (exact) mass is 204 g/mol. The van der Waals surface area contributed by atoms with Crippen LogP contribution in [0.5, 0.6) is 0 Å². The number of aryl methyl sites for hydroxylation is 1. The number of nitrogens with zero attached hydrogens (tertiary/aromatic N) is 1. The average Bonchev–Trinajstić information content (AvgIpc) is 2.50. The molecule has 1 aromatic rings. The van der Waals surface area contributed by atoms with E-state index in [0.29, 0.717) is 5.56 Å². The van der Waals surface area contributed by atoms with Crippen LogP contribution in [0.1, 0.15) is 28.7 Å². The molecular formula is C12H16N2O. The second-order valence-corrected chi connectivity index (χ2v) is 3.42. The molecule has 0 spiro atoms. The predicted molar refractivity (Wildman–Crippen MR) is 60.7 cm³/mol. The van der Waals surface area contributed by atoms with Crippen molar-refractivity contribution in [1.29, 1.82) is 0 Å². The normalized spacial score (nSPS) is 9.73. The Balaban J connectivity index is 2.96. The molecule has 3 nitrogen and oxygen atoms in total. The standard InChI is InChI=1S/C12H16N2O/c1-5-7-13-12(15)11-8-9(3)14(6-2)10(11)4/h1,8H,6-7H2,2-4H3,(H,13,15). The lowest BCUT2D eigenvalue weighted by atomic mass is 10.2. The summed E-state index contributed by atoms with van der Waals surface area (Å²) in [5.74, 6) is 2.29. The van der Waals surface area contributed by atoms with Gasteiger partial charge in [-0.1, -0.05) is 5.92 Å². The fourth-order valence-electron chi connectivity index (χ4n) is 1.74. The highest BCUT2D eigenvalue weighted by atomic mass is 16.1. The molecule has 0 aliphatic rings. The molecule has 0 radical (unpaired) electrons. The molecule has 0 aliphatic carbocycles. The van der Waals surface area contributed by atoms with E-state index in [1.165, 1.54) is 0 Å². The molecule has 1 amide bonds. The number of carbonyl (C=O) groups is 1. The second kappa shape index (κ2) is 4.70. The van der Waals surface area contributed by atoms with Crippen LogP contribution >= 0.6 is 0 Å². The Morgan fingerprint density at radius 3 is 2.73 bits per heavy atom. The topological polar surface area (TPSA) is 34.0 Å². The van der Waals surface area contributed by atoms with E-state index in [0.717, 1.165) is 17.9 Å². The van der Waals surface area contributed by atoms with E-state index in [-0.39, 0.29) is 12.5 Å². The van der Waals surface area contributed by atoms with Crippen molar-refractivity contribution < 1.29 is 4.79 Å². The molecule has 1 aromatic heterocycles. The average molecular weight is 204 g/mol. The van der Waals surface area contributed by atoms with Crippen molar-refractivity contribution in [2.24, 2.45) is 0 Å². The van der Waals surface area contributed by atoms with Gasteiger partial charge in [-0.2, -0.15) is 0 Å². The number of carbonyl (C=O) groups excluding carboxylic acids is 1. The van der Waals surface area contributed by atoms with Crippen molar-refractivity contribution in [2.75, 3.05) is 6.54 Å². The summed E-state index contributed by atoms with van der Waals surface area (Å²) < 4.78 is 2.10. The number of rotatable bonds is 3. The van der Waals surface area contributed by atoms with E-state index in [1.54, 1.807) is 0 Å². The van der Waals surface area contributed by atoms with Gasteiger partial charge in [0.05, 0.1) is 12.1 Å². The van der Waals surface area contributed by atoms with E-state index in [4.69, 9.17) is 6.42 Å². The van der Waals surface area contributed by atoms with E-state index in [9.17, 15) is 4.79 Å². The van der Waals surface area contributed by atoms with Gasteiger partial charge in [-0.15, -0.1) is 6.42 Å². The molecule has 0 unspecified atom stereocenters. The maximum Gasteiger partial charge on any atom is 0.253 e. The van der Waals surface area contributed by atoms with Gasteiger partial charge >= 0.3 is 0 Å². The van der Waals surface area contributed by atoms with Gasteiger partial charge in [-0.05, 0) is 26.8 Å². The first kappa shape index (κ1) is 11.4. The predicted octanol–water partition coefficient (Wildman–Crippen LogP) is 1.49. The molecule has 3 heteroatoms. The van der Waals surface area contributed by atoms with Crippen LogP contribution < -0.4 is 5.32 Å². The maximum atomic E-state index is 11.7. The smallest absolute Gasteiger partial charge is 0.253 e. The molecular weight excluding hydrogens is 188 g/mol. The number of nitrogens with one attached hydrogen (secondary N) is 1. The highest BCUT2D eigenvalue weighted by molar-refractivity contribution is 5.95. The van der Waals surface area contributed by atoms with E-state index in [1.807, 2.05) is 19.9 Å². The lowest BCUT2D eigenvalue weighted by molar-refractivity contribution is 0.0958. The van der Waals surface area contributed by atoms with Crippen LogP contribution in [-0.2, 0) is 6.54 Å². The summed E-state index contributed by atoms with van der Waals surface area (Å²) in [5.41, 5.74) is 2.80. The van der Waals surface area contributed by atoms with Crippen LogP contribution in [-0.4, -0.2) is 17.0 Å². The molecule has 80 valence electrons. The molecule has 1 N–H and O–H groups in total. The van der Waals surface area contributed by atoms with Crippen LogP contribution in [0.15, 0.2) is 6.07 Å². The molecule has 0 fully saturated rings.